The Labute approximate surface area is 89.2 Å². The number of H-pyrrole nitrogens is 1. The smallest absolute Gasteiger partial charge is 0.108 e. The predicted molar refractivity (Wildman–Crippen MR) is 57.8 cm³/mol. The molecule has 14 heavy (non-hydrogen) atoms. The number of fused-ring (bicyclic) bond motifs is 1. The van der Waals surface area contributed by atoms with Crippen molar-refractivity contribution in [1.29, 1.82) is 0 Å². The van der Waals surface area contributed by atoms with E-state index in [9.17, 15) is 0 Å². The first-order valence-corrected chi connectivity index (χ1v) is 5.01. The summed E-state index contributed by atoms with van der Waals surface area (Å²) in [7, 11) is 0. The van der Waals surface area contributed by atoms with Crippen LogP contribution in [-0.4, -0.2) is 21.9 Å². The first-order chi connectivity index (χ1) is 6.72. The molecule has 5 heteroatoms. The Morgan fingerprint density at radius 2 is 2.36 bits per heavy atom. The van der Waals surface area contributed by atoms with Crippen molar-refractivity contribution in [2.75, 3.05) is 6.61 Å². The van der Waals surface area contributed by atoms with Crippen LogP contribution in [0.1, 0.15) is 11.6 Å². The van der Waals surface area contributed by atoms with Gasteiger partial charge in [-0.1, -0.05) is 6.07 Å². The summed E-state index contributed by atoms with van der Waals surface area (Å²) in [6.45, 7) is -0.0546. The van der Waals surface area contributed by atoms with Gasteiger partial charge in [0.05, 0.1) is 18.2 Å². The first kappa shape index (κ1) is 9.64. The van der Waals surface area contributed by atoms with Crippen molar-refractivity contribution in [2.45, 2.75) is 6.04 Å². The molecule has 0 amide bonds. The summed E-state index contributed by atoms with van der Waals surface area (Å²) in [5.41, 5.74) is 7.49. The van der Waals surface area contributed by atoms with Crippen molar-refractivity contribution in [1.82, 2.24) is 10.2 Å². The Bertz CT molecular complexity index is 454. The molecular formula is C9H10BrN3O. The number of nitrogens with zero attached hydrogens (tertiary/aromatic N) is 1. The van der Waals surface area contributed by atoms with Crippen molar-refractivity contribution in [3.05, 3.63) is 28.4 Å². The Kier molecular flexibility index (Phi) is 2.54. The molecule has 4 nitrogen and oxygen atoms in total. The highest BCUT2D eigenvalue weighted by Gasteiger charge is 2.08. The molecule has 1 aromatic carbocycles. The quantitative estimate of drug-likeness (QED) is 0.758. The maximum Gasteiger partial charge on any atom is 0.108 e. The van der Waals surface area contributed by atoms with E-state index in [-0.39, 0.29) is 12.6 Å². The van der Waals surface area contributed by atoms with Gasteiger partial charge in [0.1, 0.15) is 4.60 Å². The van der Waals surface area contributed by atoms with E-state index in [2.05, 4.69) is 26.1 Å². The number of halogens is 1. The van der Waals surface area contributed by atoms with E-state index in [0.717, 1.165) is 21.1 Å². The normalized spacial score (nSPS) is 13.4. The molecule has 1 aromatic heterocycles. The zero-order chi connectivity index (χ0) is 10.1. The Balaban J connectivity index is 2.54. The van der Waals surface area contributed by atoms with E-state index in [0.29, 0.717) is 0 Å². The zero-order valence-electron chi connectivity index (χ0n) is 7.37. The molecule has 0 radical (unpaired) electrons. The number of nitrogens with one attached hydrogen (secondary N) is 1. The Hall–Kier alpha value is -0.910. The molecule has 0 saturated carbocycles. The second kappa shape index (κ2) is 3.68. The highest BCUT2D eigenvalue weighted by molar-refractivity contribution is 9.10. The van der Waals surface area contributed by atoms with Gasteiger partial charge in [0.15, 0.2) is 0 Å². The number of aliphatic hydroxyl groups excluding tert-OH is 1. The third-order valence-corrected chi connectivity index (χ3v) is 2.76. The fourth-order valence-electron chi connectivity index (χ4n) is 1.33. The van der Waals surface area contributed by atoms with Gasteiger partial charge in [-0.2, -0.15) is 5.10 Å². The molecule has 0 aliphatic carbocycles. The number of aliphatic hydroxyl groups is 1. The molecule has 4 N–H and O–H groups in total. The topological polar surface area (TPSA) is 74.9 Å². The lowest BCUT2D eigenvalue weighted by Gasteiger charge is -2.07. The second-order valence-corrected chi connectivity index (χ2v) is 3.90. The minimum absolute atomic E-state index is 0.0546. The van der Waals surface area contributed by atoms with Gasteiger partial charge in [0.2, 0.25) is 0 Å². The average Bonchev–Trinajstić information content (AvgIpc) is 2.59. The lowest BCUT2D eigenvalue weighted by molar-refractivity contribution is 0.268. The number of hydrogen-bond donors (Lipinski definition) is 3. The monoisotopic (exact) mass is 255 g/mol. The van der Waals surface area contributed by atoms with Crippen molar-refractivity contribution in [2.24, 2.45) is 5.73 Å². The van der Waals surface area contributed by atoms with Crippen LogP contribution in [-0.2, 0) is 0 Å². The molecule has 0 aliphatic rings. The van der Waals surface area contributed by atoms with Crippen LogP contribution in [0, 0.1) is 0 Å². The third-order valence-electron chi connectivity index (χ3n) is 2.16. The van der Waals surface area contributed by atoms with Crippen molar-refractivity contribution < 1.29 is 5.11 Å². The maximum absolute atomic E-state index is 8.92. The summed E-state index contributed by atoms with van der Waals surface area (Å²) in [6.07, 6.45) is 0. The summed E-state index contributed by atoms with van der Waals surface area (Å²) in [6, 6.07) is 5.34. The van der Waals surface area contributed by atoms with Gasteiger partial charge < -0.3 is 10.8 Å². The van der Waals surface area contributed by atoms with Gasteiger partial charge in [0, 0.05) is 5.39 Å². The number of rotatable bonds is 2. The van der Waals surface area contributed by atoms with E-state index < -0.39 is 0 Å². The first-order valence-electron chi connectivity index (χ1n) is 4.22. The fraction of sp³-hybridized carbons (Fsp3) is 0.222. The van der Waals surface area contributed by atoms with Crippen molar-refractivity contribution >= 4 is 26.8 Å². The number of hydrogen-bond acceptors (Lipinski definition) is 3. The molecule has 74 valence electrons. The summed E-state index contributed by atoms with van der Waals surface area (Å²) >= 11 is 3.35. The largest absolute Gasteiger partial charge is 0.394 e. The summed E-state index contributed by atoms with van der Waals surface area (Å²) in [5.74, 6) is 0. The van der Waals surface area contributed by atoms with Gasteiger partial charge in [-0.05, 0) is 33.6 Å². The van der Waals surface area contributed by atoms with Gasteiger partial charge in [-0.25, -0.2) is 0 Å². The third kappa shape index (κ3) is 1.54. The van der Waals surface area contributed by atoms with Crippen molar-refractivity contribution in [3.8, 4) is 0 Å². The second-order valence-electron chi connectivity index (χ2n) is 3.10. The van der Waals surface area contributed by atoms with Crippen LogP contribution in [0.5, 0.6) is 0 Å². The minimum atomic E-state index is -0.332. The Morgan fingerprint density at radius 3 is 3.07 bits per heavy atom. The molecular weight excluding hydrogens is 246 g/mol. The predicted octanol–water partition coefficient (Wildman–Crippen LogP) is 1.32. The molecule has 2 aromatic rings. The summed E-state index contributed by atoms with van der Waals surface area (Å²) < 4.78 is 0.833. The van der Waals surface area contributed by atoms with Gasteiger partial charge in [0.25, 0.3) is 0 Å². The lowest BCUT2D eigenvalue weighted by atomic mass is 10.1. The minimum Gasteiger partial charge on any atom is -0.394 e. The van der Waals surface area contributed by atoms with Gasteiger partial charge >= 0.3 is 0 Å². The maximum atomic E-state index is 8.92. The van der Waals surface area contributed by atoms with E-state index in [1.165, 1.54) is 0 Å². The van der Waals surface area contributed by atoms with E-state index >= 15 is 0 Å². The molecule has 0 saturated heterocycles. The zero-order valence-corrected chi connectivity index (χ0v) is 8.95. The number of benzene rings is 1. The fourth-order valence-corrected chi connectivity index (χ4v) is 1.74. The standard InChI is InChI=1S/C9H10BrN3O/c10-9-6-3-5(7(11)4-14)1-2-8(6)12-13-9/h1-3,7,14H,4,11H2,(H,12,13). The molecule has 0 fully saturated rings. The van der Waals surface area contributed by atoms with E-state index in [1.54, 1.807) is 0 Å². The summed E-state index contributed by atoms with van der Waals surface area (Å²) in [4.78, 5) is 0. The lowest BCUT2D eigenvalue weighted by Crippen LogP contribution is -2.14. The highest BCUT2D eigenvalue weighted by Crippen LogP contribution is 2.23. The van der Waals surface area contributed by atoms with Gasteiger partial charge in [-0.3, -0.25) is 5.10 Å². The van der Waals surface area contributed by atoms with Crippen LogP contribution in [0.25, 0.3) is 10.9 Å². The molecule has 0 spiro atoms. The van der Waals surface area contributed by atoms with Crippen LogP contribution in [0.2, 0.25) is 0 Å². The van der Waals surface area contributed by atoms with Crippen LogP contribution >= 0.6 is 15.9 Å². The summed E-state index contributed by atoms with van der Waals surface area (Å²) in [5, 5.41) is 16.8. The molecule has 0 aliphatic heterocycles. The molecule has 1 atom stereocenters. The average molecular weight is 256 g/mol. The molecule has 1 heterocycles. The molecule has 2 rings (SSSR count). The SMILES string of the molecule is NC(CO)c1ccc2n[nH]c(Br)c2c1. The molecule has 0 bridgehead atoms. The van der Waals surface area contributed by atoms with Gasteiger partial charge in [-0.15, -0.1) is 0 Å². The molecule has 1 unspecified atom stereocenters. The Morgan fingerprint density at radius 1 is 1.57 bits per heavy atom. The number of aromatic nitrogens is 2. The van der Waals surface area contributed by atoms with Crippen LogP contribution in [0.15, 0.2) is 22.8 Å². The highest BCUT2D eigenvalue weighted by atomic mass is 79.9. The number of aromatic amines is 1. The van der Waals surface area contributed by atoms with Crippen LogP contribution < -0.4 is 5.73 Å². The van der Waals surface area contributed by atoms with E-state index in [1.807, 2.05) is 18.2 Å². The van der Waals surface area contributed by atoms with Crippen LogP contribution in [0.3, 0.4) is 0 Å². The number of nitrogens with two attached hydrogens (primary N) is 1. The van der Waals surface area contributed by atoms with Crippen LogP contribution in [0.4, 0.5) is 0 Å². The van der Waals surface area contributed by atoms with E-state index in [4.69, 9.17) is 10.8 Å². The van der Waals surface area contributed by atoms with Crippen molar-refractivity contribution in [3.63, 3.8) is 0 Å².